The number of rotatable bonds is 0. The highest BCUT2D eigenvalue weighted by Gasteiger charge is 2.34. The van der Waals surface area contributed by atoms with Crippen molar-refractivity contribution in [2.75, 3.05) is 0 Å². The van der Waals surface area contributed by atoms with Crippen LogP contribution in [0.15, 0.2) is 54.6 Å². The number of benzene rings is 2. The second-order valence-electron chi connectivity index (χ2n) is 5.94. The largest absolute Gasteiger partial charge is 0.482 e. The van der Waals surface area contributed by atoms with Crippen molar-refractivity contribution in [1.29, 1.82) is 0 Å². The summed E-state index contributed by atoms with van der Waals surface area (Å²) in [5.41, 5.74) is 4.83. The van der Waals surface area contributed by atoms with Crippen LogP contribution in [0.25, 0.3) is 27.4 Å². The lowest BCUT2D eigenvalue weighted by Crippen LogP contribution is -2.21. The highest BCUT2D eigenvalue weighted by molar-refractivity contribution is 6.11. The molecule has 1 aromatic heterocycles. The molecule has 5 rings (SSSR count). The maximum absolute atomic E-state index is 6.32. The van der Waals surface area contributed by atoms with Gasteiger partial charge in [0, 0.05) is 33.3 Å². The van der Waals surface area contributed by atoms with Crippen LogP contribution in [-0.4, -0.2) is 11.1 Å². The van der Waals surface area contributed by atoms with Gasteiger partial charge in [-0.25, -0.2) is 0 Å². The average Bonchev–Trinajstić information content (AvgIpc) is 3.06. The summed E-state index contributed by atoms with van der Waals surface area (Å²) in [7, 11) is 0. The predicted molar refractivity (Wildman–Crippen MR) is 86.5 cm³/mol. The maximum Gasteiger partial charge on any atom is 0.151 e. The van der Waals surface area contributed by atoms with E-state index in [1.807, 2.05) is 0 Å². The minimum atomic E-state index is 0.155. The maximum atomic E-state index is 6.32. The summed E-state index contributed by atoms with van der Waals surface area (Å²) in [6.45, 7) is 2.21. The van der Waals surface area contributed by atoms with Crippen molar-refractivity contribution in [1.82, 2.24) is 4.98 Å². The van der Waals surface area contributed by atoms with Crippen LogP contribution in [0.2, 0.25) is 0 Å². The Morgan fingerprint density at radius 3 is 2.90 bits per heavy atom. The van der Waals surface area contributed by atoms with Crippen LogP contribution >= 0.6 is 0 Å². The summed E-state index contributed by atoms with van der Waals surface area (Å²) in [5.74, 6) is 1.42. The Morgan fingerprint density at radius 2 is 1.95 bits per heavy atom. The molecular formula is C19H15NO. The van der Waals surface area contributed by atoms with E-state index in [0.717, 1.165) is 11.3 Å². The van der Waals surface area contributed by atoms with Gasteiger partial charge in [-0.2, -0.15) is 0 Å². The molecule has 21 heavy (non-hydrogen) atoms. The van der Waals surface area contributed by atoms with E-state index < -0.39 is 0 Å². The number of allylic oxidation sites excluding steroid dienone is 2. The van der Waals surface area contributed by atoms with Gasteiger partial charge in [0.15, 0.2) is 5.75 Å². The SMILES string of the molecule is CC1C=CC=C2c3ccc4c([nH]c5ccccc54)c3OC21. The fourth-order valence-electron chi connectivity index (χ4n) is 3.60. The third kappa shape index (κ3) is 1.37. The van der Waals surface area contributed by atoms with Crippen LogP contribution in [-0.2, 0) is 0 Å². The zero-order valence-corrected chi connectivity index (χ0v) is 11.8. The molecule has 0 saturated heterocycles. The summed E-state index contributed by atoms with van der Waals surface area (Å²) < 4.78 is 6.32. The molecule has 1 aliphatic carbocycles. The topological polar surface area (TPSA) is 25.0 Å². The molecule has 1 N–H and O–H groups in total. The molecule has 2 aromatic carbocycles. The molecule has 2 unspecified atom stereocenters. The summed E-state index contributed by atoms with van der Waals surface area (Å²) in [6.07, 6.45) is 6.69. The molecule has 2 heteroatoms. The molecule has 0 amide bonds. The number of hydrogen-bond donors (Lipinski definition) is 1. The highest BCUT2D eigenvalue weighted by atomic mass is 16.5. The third-order valence-electron chi connectivity index (χ3n) is 4.66. The second kappa shape index (κ2) is 3.79. The fourth-order valence-corrected chi connectivity index (χ4v) is 3.60. The second-order valence-corrected chi connectivity index (χ2v) is 5.94. The molecule has 2 heterocycles. The third-order valence-corrected chi connectivity index (χ3v) is 4.66. The Kier molecular flexibility index (Phi) is 2.02. The van der Waals surface area contributed by atoms with E-state index in [1.54, 1.807) is 0 Å². The highest BCUT2D eigenvalue weighted by Crippen LogP contribution is 2.46. The number of hydrogen-bond acceptors (Lipinski definition) is 1. The van der Waals surface area contributed by atoms with Crippen LogP contribution in [0, 0.1) is 5.92 Å². The van der Waals surface area contributed by atoms with Crippen LogP contribution in [0.5, 0.6) is 5.75 Å². The van der Waals surface area contributed by atoms with Crippen LogP contribution in [0.4, 0.5) is 0 Å². The quantitative estimate of drug-likeness (QED) is 0.632. The first kappa shape index (κ1) is 11.2. The van der Waals surface area contributed by atoms with Crippen molar-refractivity contribution in [3.8, 4) is 5.75 Å². The van der Waals surface area contributed by atoms with Gasteiger partial charge in [-0.1, -0.05) is 55.5 Å². The molecule has 0 spiro atoms. The lowest BCUT2D eigenvalue weighted by Gasteiger charge is -2.19. The van der Waals surface area contributed by atoms with E-state index in [2.05, 4.69) is 66.5 Å². The molecule has 0 radical (unpaired) electrons. The molecule has 0 saturated carbocycles. The summed E-state index contributed by atoms with van der Waals surface area (Å²) in [4.78, 5) is 3.53. The summed E-state index contributed by atoms with van der Waals surface area (Å²) >= 11 is 0. The van der Waals surface area contributed by atoms with E-state index in [0.29, 0.717) is 5.92 Å². The Bertz CT molecular complexity index is 945. The fraction of sp³-hybridized carbons (Fsp3) is 0.158. The van der Waals surface area contributed by atoms with Gasteiger partial charge in [0.2, 0.25) is 0 Å². The van der Waals surface area contributed by atoms with Gasteiger partial charge < -0.3 is 9.72 Å². The van der Waals surface area contributed by atoms with Gasteiger partial charge in [0.25, 0.3) is 0 Å². The van der Waals surface area contributed by atoms with Crippen LogP contribution in [0.1, 0.15) is 12.5 Å². The Labute approximate surface area is 122 Å². The molecule has 2 nitrogen and oxygen atoms in total. The molecule has 2 atom stereocenters. The van der Waals surface area contributed by atoms with E-state index in [9.17, 15) is 0 Å². The van der Waals surface area contributed by atoms with Crippen LogP contribution in [0.3, 0.4) is 0 Å². The predicted octanol–water partition coefficient (Wildman–Crippen LogP) is 4.67. The zero-order chi connectivity index (χ0) is 14.0. The minimum absolute atomic E-state index is 0.155. The van der Waals surface area contributed by atoms with Crippen molar-refractivity contribution in [3.05, 3.63) is 60.2 Å². The molecule has 0 fully saturated rings. The number of nitrogens with one attached hydrogen (secondary N) is 1. The Morgan fingerprint density at radius 1 is 1.05 bits per heavy atom. The monoisotopic (exact) mass is 273 g/mol. The zero-order valence-electron chi connectivity index (χ0n) is 11.8. The molecule has 0 bridgehead atoms. The van der Waals surface area contributed by atoms with Crippen molar-refractivity contribution in [2.45, 2.75) is 13.0 Å². The number of aromatic amines is 1. The molecule has 3 aromatic rings. The first-order valence-corrected chi connectivity index (χ1v) is 7.42. The standard InChI is InChI=1S/C19H15NO/c1-11-5-4-7-14-15-10-9-13-12-6-2-3-8-16(12)20-17(13)19(15)21-18(11)14/h2-11,18,20H,1H3. The van der Waals surface area contributed by atoms with Gasteiger partial charge in [0.05, 0.1) is 5.52 Å². The van der Waals surface area contributed by atoms with E-state index in [1.165, 1.54) is 27.4 Å². The average molecular weight is 273 g/mol. The van der Waals surface area contributed by atoms with E-state index in [4.69, 9.17) is 4.74 Å². The van der Waals surface area contributed by atoms with Crippen molar-refractivity contribution >= 4 is 27.4 Å². The summed E-state index contributed by atoms with van der Waals surface area (Å²) in [5, 5.41) is 2.50. The van der Waals surface area contributed by atoms with Crippen molar-refractivity contribution < 1.29 is 4.74 Å². The smallest absolute Gasteiger partial charge is 0.151 e. The minimum Gasteiger partial charge on any atom is -0.482 e. The number of ether oxygens (including phenoxy) is 1. The van der Waals surface area contributed by atoms with Crippen LogP contribution < -0.4 is 4.74 Å². The van der Waals surface area contributed by atoms with Crippen molar-refractivity contribution in [2.24, 2.45) is 5.92 Å². The van der Waals surface area contributed by atoms with Gasteiger partial charge in [-0.15, -0.1) is 0 Å². The lowest BCUT2D eigenvalue weighted by atomic mass is 9.90. The molecule has 102 valence electrons. The normalized spacial score (nSPS) is 23.0. The van der Waals surface area contributed by atoms with Gasteiger partial charge in [-0.3, -0.25) is 0 Å². The number of H-pyrrole nitrogens is 1. The van der Waals surface area contributed by atoms with Gasteiger partial charge >= 0.3 is 0 Å². The number of para-hydroxylation sites is 1. The molecule has 1 aliphatic heterocycles. The van der Waals surface area contributed by atoms with Crippen molar-refractivity contribution in [3.63, 3.8) is 0 Å². The molecular weight excluding hydrogens is 258 g/mol. The summed E-state index contributed by atoms with van der Waals surface area (Å²) in [6, 6.07) is 12.8. The molecule has 2 aliphatic rings. The van der Waals surface area contributed by atoms with Gasteiger partial charge in [-0.05, 0) is 6.07 Å². The number of aromatic nitrogens is 1. The van der Waals surface area contributed by atoms with E-state index >= 15 is 0 Å². The van der Waals surface area contributed by atoms with E-state index in [-0.39, 0.29) is 6.10 Å². The first-order valence-electron chi connectivity index (χ1n) is 7.42. The number of fused-ring (bicyclic) bond motifs is 7. The Hall–Kier alpha value is -2.48. The Balaban J connectivity index is 1.85. The lowest BCUT2D eigenvalue weighted by molar-refractivity contribution is 0.237. The van der Waals surface area contributed by atoms with Gasteiger partial charge in [0.1, 0.15) is 6.10 Å². The first-order chi connectivity index (χ1) is 10.3.